The lowest BCUT2D eigenvalue weighted by atomic mass is 10.2. The molecule has 0 atom stereocenters. The second-order valence-electron chi connectivity index (χ2n) is 3.56. The molecule has 0 aliphatic rings. The molecular formula is C11H11Cl2N3S. The number of nitrogens with one attached hydrogen (secondary N) is 1. The standard InChI is InChI=1S/C11H11Cl2N3S/c12-9-1-7(2-10(13)11(9)14)3-15-4-8-5-17-6-16-8/h1-2,5-6,15H,3-4,14H2. The van der Waals surface area contributed by atoms with Crippen LogP contribution in [0.2, 0.25) is 10.0 Å². The van der Waals surface area contributed by atoms with E-state index in [0.717, 1.165) is 17.8 Å². The van der Waals surface area contributed by atoms with E-state index in [1.807, 2.05) is 23.0 Å². The van der Waals surface area contributed by atoms with Crippen molar-refractivity contribution < 1.29 is 0 Å². The van der Waals surface area contributed by atoms with Gasteiger partial charge in [0.05, 0.1) is 26.9 Å². The van der Waals surface area contributed by atoms with Gasteiger partial charge in [-0.05, 0) is 17.7 Å². The second-order valence-corrected chi connectivity index (χ2v) is 5.09. The van der Waals surface area contributed by atoms with Crippen molar-refractivity contribution in [1.82, 2.24) is 10.3 Å². The summed E-state index contributed by atoms with van der Waals surface area (Å²) in [7, 11) is 0. The van der Waals surface area contributed by atoms with E-state index in [1.54, 1.807) is 11.3 Å². The first-order valence-electron chi connectivity index (χ1n) is 4.98. The summed E-state index contributed by atoms with van der Waals surface area (Å²) in [5, 5.41) is 6.25. The van der Waals surface area contributed by atoms with E-state index in [9.17, 15) is 0 Å². The molecule has 17 heavy (non-hydrogen) atoms. The Bertz CT molecular complexity index is 476. The molecule has 0 saturated heterocycles. The minimum atomic E-state index is 0.427. The van der Waals surface area contributed by atoms with Crippen LogP contribution in [0.3, 0.4) is 0 Å². The van der Waals surface area contributed by atoms with E-state index in [-0.39, 0.29) is 0 Å². The molecule has 90 valence electrons. The van der Waals surface area contributed by atoms with Crippen LogP contribution in [0.1, 0.15) is 11.3 Å². The predicted octanol–water partition coefficient (Wildman–Crippen LogP) is 3.32. The van der Waals surface area contributed by atoms with Crippen LogP contribution in [0.4, 0.5) is 5.69 Å². The van der Waals surface area contributed by atoms with Crippen molar-refractivity contribution in [3.8, 4) is 0 Å². The molecule has 0 fully saturated rings. The molecule has 0 aliphatic heterocycles. The number of nitrogen functional groups attached to an aromatic ring is 1. The first-order chi connectivity index (χ1) is 8.16. The quantitative estimate of drug-likeness (QED) is 0.848. The SMILES string of the molecule is Nc1c(Cl)cc(CNCc2cscn2)cc1Cl. The molecule has 0 bridgehead atoms. The summed E-state index contributed by atoms with van der Waals surface area (Å²) in [6.45, 7) is 1.40. The molecule has 1 heterocycles. The number of halogens is 2. The zero-order valence-corrected chi connectivity index (χ0v) is 11.2. The number of anilines is 1. The lowest BCUT2D eigenvalue weighted by Gasteiger charge is -2.07. The number of aromatic nitrogens is 1. The molecule has 0 amide bonds. The lowest BCUT2D eigenvalue weighted by molar-refractivity contribution is 0.683. The van der Waals surface area contributed by atoms with Crippen molar-refractivity contribution in [3.63, 3.8) is 0 Å². The van der Waals surface area contributed by atoms with Crippen molar-refractivity contribution in [2.75, 3.05) is 5.73 Å². The fraction of sp³-hybridized carbons (Fsp3) is 0.182. The third-order valence-corrected chi connectivity index (χ3v) is 3.52. The van der Waals surface area contributed by atoms with Gasteiger partial charge in [-0.25, -0.2) is 4.98 Å². The normalized spacial score (nSPS) is 10.7. The monoisotopic (exact) mass is 287 g/mol. The van der Waals surface area contributed by atoms with Crippen LogP contribution in [0.25, 0.3) is 0 Å². The topological polar surface area (TPSA) is 50.9 Å². The number of thiazole rings is 1. The first-order valence-corrected chi connectivity index (χ1v) is 6.68. The Labute approximate surface area is 114 Å². The molecule has 2 rings (SSSR count). The maximum Gasteiger partial charge on any atom is 0.0795 e. The molecule has 3 N–H and O–H groups in total. The minimum absolute atomic E-state index is 0.427. The van der Waals surface area contributed by atoms with Crippen LogP contribution in [-0.2, 0) is 13.1 Å². The fourth-order valence-electron chi connectivity index (χ4n) is 1.40. The summed E-state index contributed by atoms with van der Waals surface area (Å²) < 4.78 is 0. The zero-order valence-electron chi connectivity index (χ0n) is 8.91. The Morgan fingerprint density at radius 2 is 1.94 bits per heavy atom. The average molecular weight is 288 g/mol. The van der Waals surface area contributed by atoms with E-state index < -0.39 is 0 Å². The molecule has 0 unspecified atom stereocenters. The first kappa shape index (κ1) is 12.6. The molecule has 2 aromatic rings. The Morgan fingerprint density at radius 3 is 2.53 bits per heavy atom. The number of rotatable bonds is 4. The van der Waals surface area contributed by atoms with Gasteiger partial charge in [0.15, 0.2) is 0 Å². The van der Waals surface area contributed by atoms with E-state index in [1.165, 1.54) is 0 Å². The summed E-state index contributed by atoms with van der Waals surface area (Å²) in [4.78, 5) is 4.18. The lowest BCUT2D eigenvalue weighted by Crippen LogP contribution is -2.13. The van der Waals surface area contributed by atoms with E-state index >= 15 is 0 Å². The van der Waals surface area contributed by atoms with Crippen molar-refractivity contribution in [2.24, 2.45) is 0 Å². The summed E-state index contributed by atoms with van der Waals surface area (Å²) in [5.74, 6) is 0. The number of nitrogens with zero attached hydrogens (tertiary/aromatic N) is 1. The Morgan fingerprint density at radius 1 is 1.24 bits per heavy atom. The maximum atomic E-state index is 5.95. The summed E-state index contributed by atoms with van der Waals surface area (Å²) in [6, 6.07) is 3.63. The average Bonchev–Trinajstić information content (AvgIpc) is 2.79. The van der Waals surface area contributed by atoms with Gasteiger partial charge in [-0.1, -0.05) is 23.2 Å². The molecule has 0 aliphatic carbocycles. The highest BCUT2D eigenvalue weighted by molar-refractivity contribution is 7.07. The largest absolute Gasteiger partial charge is 0.396 e. The van der Waals surface area contributed by atoms with Crippen LogP contribution in [0.5, 0.6) is 0 Å². The second kappa shape index (κ2) is 5.69. The molecule has 1 aromatic carbocycles. The van der Waals surface area contributed by atoms with E-state index in [2.05, 4.69) is 10.3 Å². The Balaban J connectivity index is 1.95. The maximum absolute atomic E-state index is 5.95. The van der Waals surface area contributed by atoms with Crippen LogP contribution >= 0.6 is 34.5 Å². The third kappa shape index (κ3) is 3.33. The van der Waals surface area contributed by atoms with Gasteiger partial charge >= 0.3 is 0 Å². The van der Waals surface area contributed by atoms with Gasteiger partial charge in [-0.15, -0.1) is 11.3 Å². The van der Waals surface area contributed by atoms with Crippen molar-refractivity contribution in [3.05, 3.63) is 44.3 Å². The predicted molar refractivity (Wildman–Crippen MR) is 73.5 cm³/mol. The van der Waals surface area contributed by atoms with Gasteiger partial charge in [0.2, 0.25) is 0 Å². The molecule has 3 nitrogen and oxygen atoms in total. The van der Waals surface area contributed by atoms with Crippen molar-refractivity contribution in [1.29, 1.82) is 0 Å². The van der Waals surface area contributed by atoms with Crippen LogP contribution in [0.15, 0.2) is 23.0 Å². The molecular weight excluding hydrogens is 277 g/mol. The number of nitrogens with two attached hydrogens (primary N) is 1. The van der Waals surface area contributed by atoms with Gasteiger partial charge in [-0.2, -0.15) is 0 Å². The third-order valence-electron chi connectivity index (χ3n) is 2.26. The molecule has 6 heteroatoms. The van der Waals surface area contributed by atoms with Crippen molar-refractivity contribution >= 4 is 40.2 Å². The Kier molecular flexibility index (Phi) is 4.23. The fourth-order valence-corrected chi connectivity index (χ4v) is 2.49. The highest BCUT2D eigenvalue weighted by atomic mass is 35.5. The van der Waals surface area contributed by atoms with Gasteiger partial charge in [0.1, 0.15) is 0 Å². The van der Waals surface area contributed by atoms with Gasteiger partial charge in [-0.3, -0.25) is 0 Å². The van der Waals surface area contributed by atoms with E-state index in [4.69, 9.17) is 28.9 Å². The highest BCUT2D eigenvalue weighted by Crippen LogP contribution is 2.28. The van der Waals surface area contributed by atoms with Crippen LogP contribution < -0.4 is 11.1 Å². The van der Waals surface area contributed by atoms with Crippen LogP contribution in [-0.4, -0.2) is 4.98 Å². The van der Waals surface area contributed by atoms with Gasteiger partial charge in [0, 0.05) is 18.5 Å². The van der Waals surface area contributed by atoms with Gasteiger partial charge in [0.25, 0.3) is 0 Å². The Hall–Kier alpha value is -0.810. The summed E-state index contributed by atoms with van der Waals surface area (Å²) in [6.07, 6.45) is 0. The minimum Gasteiger partial charge on any atom is -0.396 e. The number of hydrogen-bond acceptors (Lipinski definition) is 4. The zero-order chi connectivity index (χ0) is 12.3. The smallest absolute Gasteiger partial charge is 0.0795 e. The molecule has 0 radical (unpaired) electrons. The number of hydrogen-bond donors (Lipinski definition) is 2. The molecule has 0 spiro atoms. The van der Waals surface area contributed by atoms with Crippen molar-refractivity contribution in [2.45, 2.75) is 13.1 Å². The molecule has 0 saturated carbocycles. The van der Waals surface area contributed by atoms with Gasteiger partial charge < -0.3 is 11.1 Å². The summed E-state index contributed by atoms with van der Waals surface area (Å²) in [5.41, 5.74) is 9.94. The van der Waals surface area contributed by atoms with E-state index in [0.29, 0.717) is 22.3 Å². The highest BCUT2D eigenvalue weighted by Gasteiger charge is 2.04. The number of benzene rings is 1. The molecule has 1 aromatic heterocycles. The summed E-state index contributed by atoms with van der Waals surface area (Å²) >= 11 is 13.5. The van der Waals surface area contributed by atoms with Crippen LogP contribution in [0, 0.1) is 0 Å².